The van der Waals surface area contributed by atoms with Crippen molar-refractivity contribution in [3.63, 3.8) is 0 Å². The van der Waals surface area contributed by atoms with Crippen LogP contribution in [0.3, 0.4) is 0 Å². The molecule has 2 atom stereocenters. The molecular formula is C13H17NOS. The molecule has 2 nitrogen and oxygen atoms in total. The van der Waals surface area contributed by atoms with Crippen molar-refractivity contribution in [2.45, 2.75) is 25.0 Å². The Bertz CT molecular complexity index is 338. The Balaban J connectivity index is 1.52. The highest BCUT2D eigenvalue weighted by molar-refractivity contribution is 7.99. The summed E-state index contributed by atoms with van der Waals surface area (Å²) in [6.45, 7) is 0.986. The molecule has 16 heavy (non-hydrogen) atoms. The fourth-order valence-corrected chi connectivity index (χ4v) is 3.55. The predicted molar refractivity (Wildman–Crippen MR) is 68.3 cm³/mol. The first-order chi connectivity index (χ1) is 7.92. The van der Waals surface area contributed by atoms with E-state index in [4.69, 9.17) is 4.74 Å². The van der Waals surface area contributed by atoms with Gasteiger partial charge in [0.15, 0.2) is 0 Å². The lowest BCUT2D eigenvalue weighted by Crippen LogP contribution is -2.37. The van der Waals surface area contributed by atoms with Crippen LogP contribution in [0.2, 0.25) is 0 Å². The molecule has 1 aromatic carbocycles. The van der Waals surface area contributed by atoms with Gasteiger partial charge in [-0.25, -0.2) is 0 Å². The van der Waals surface area contributed by atoms with E-state index in [1.165, 1.54) is 23.5 Å². The molecular weight excluding hydrogens is 218 g/mol. The number of rotatable bonds is 3. The van der Waals surface area contributed by atoms with Crippen molar-refractivity contribution in [3.8, 4) is 5.75 Å². The number of fused-ring (bicyclic) bond motifs is 1. The Labute approximate surface area is 101 Å². The van der Waals surface area contributed by atoms with Gasteiger partial charge in [-0.05, 0) is 23.8 Å². The summed E-state index contributed by atoms with van der Waals surface area (Å²) in [5.41, 5.74) is 1.36. The van der Waals surface area contributed by atoms with Gasteiger partial charge in [0.05, 0.1) is 0 Å². The summed E-state index contributed by atoms with van der Waals surface area (Å²) in [7, 11) is 0. The van der Waals surface area contributed by atoms with Gasteiger partial charge in [0.1, 0.15) is 11.9 Å². The molecule has 1 saturated heterocycles. The van der Waals surface area contributed by atoms with Crippen molar-refractivity contribution in [2.75, 3.05) is 18.1 Å². The quantitative estimate of drug-likeness (QED) is 0.867. The lowest BCUT2D eigenvalue weighted by molar-refractivity contribution is 0.223. The van der Waals surface area contributed by atoms with Gasteiger partial charge in [-0.2, -0.15) is 11.8 Å². The van der Waals surface area contributed by atoms with E-state index in [0.29, 0.717) is 12.1 Å². The first kappa shape index (κ1) is 10.5. The van der Waals surface area contributed by atoms with Crippen LogP contribution >= 0.6 is 11.8 Å². The molecule has 0 radical (unpaired) electrons. The minimum atomic E-state index is 0.336. The summed E-state index contributed by atoms with van der Waals surface area (Å²) in [6.07, 6.45) is 2.70. The average molecular weight is 235 g/mol. The zero-order chi connectivity index (χ0) is 10.8. The van der Waals surface area contributed by atoms with Crippen molar-refractivity contribution in [2.24, 2.45) is 0 Å². The molecule has 2 aliphatic heterocycles. The molecule has 0 spiro atoms. The van der Waals surface area contributed by atoms with E-state index < -0.39 is 0 Å². The second kappa shape index (κ2) is 4.68. The van der Waals surface area contributed by atoms with Gasteiger partial charge in [0.25, 0.3) is 0 Å². The molecule has 2 unspecified atom stereocenters. The van der Waals surface area contributed by atoms with Crippen LogP contribution in [0.1, 0.15) is 12.0 Å². The average Bonchev–Trinajstić information content (AvgIpc) is 2.95. The van der Waals surface area contributed by atoms with Crippen molar-refractivity contribution >= 4 is 11.8 Å². The van der Waals surface area contributed by atoms with Crippen molar-refractivity contribution < 1.29 is 4.74 Å². The first-order valence-electron chi connectivity index (χ1n) is 5.97. The fourth-order valence-electron chi connectivity index (χ4n) is 2.36. The largest absolute Gasteiger partial charge is 0.488 e. The number of benzene rings is 1. The number of ether oxygens (including phenoxy) is 1. The smallest absolute Gasteiger partial charge is 0.123 e. The summed E-state index contributed by atoms with van der Waals surface area (Å²) in [4.78, 5) is 0. The van der Waals surface area contributed by atoms with Crippen LogP contribution < -0.4 is 10.1 Å². The van der Waals surface area contributed by atoms with Gasteiger partial charge in [0.2, 0.25) is 0 Å². The van der Waals surface area contributed by atoms with Gasteiger partial charge in [-0.15, -0.1) is 0 Å². The van der Waals surface area contributed by atoms with E-state index in [1.54, 1.807) is 0 Å². The molecule has 1 fully saturated rings. The molecule has 3 heteroatoms. The van der Waals surface area contributed by atoms with Crippen LogP contribution in [-0.2, 0) is 6.42 Å². The predicted octanol–water partition coefficient (Wildman–Crippen LogP) is 2.09. The van der Waals surface area contributed by atoms with Gasteiger partial charge < -0.3 is 10.1 Å². The maximum absolute atomic E-state index is 5.90. The fraction of sp³-hybridized carbons (Fsp3) is 0.538. The van der Waals surface area contributed by atoms with Gasteiger partial charge in [-0.3, -0.25) is 0 Å². The molecule has 0 saturated carbocycles. The van der Waals surface area contributed by atoms with E-state index in [0.717, 1.165) is 18.7 Å². The second-order valence-electron chi connectivity index (χ2n) is 4.52. The van der Waals surface area contributed by atoms with E-state index in [1.807, 2.05) is 17.8 Å². The van der Waals surface area contributed by atoms with E-state index in [-0.39, 0.29) is 0 Å². The number of hydrogen-bond donors (Lipinski definition) is 1. The van der Waals surface area contributed by atoms with Crippen LogP contribution in [0, 0.1) is 0 Å². The van der Waals surface area contributed by atoms with Crippen LogP contribution in [-0.4, -0.2) is 30.2 Å². The van der Waals surface area contributed by atoms with E-state index in [2.05, 4.69) is 23.5 Å². The Morgan fingerprint density at radius 2 is 2.31 bits per heavy atom. The lowest BCUT2D eigenvalue weighted by atomic mass is 10.1. The molecule has 0 aromatic heterocycles. The van der Waals surface area contributed by atoms with Crippen molar-refractivity contribution in [1.82, 2.24) is 5.32 Å². The Morgan fingerprint density at radius 3 is 3.12 bits per heavy atom. The van der Waals surface area contributed by atoms with Gasteiger partial charge in [-0.1, -0.05) is 18.2 Å². The highest BCUT2D eigenvalue weighted by Gasteiger charge is 2.23. The molecule has 0 bridgehead atoms. The molecule has 3 rings (SSSR count). The molecule has 0 aliphatic carbocycles. The molecule has 2 heterocycles. The highest BCUT2D eigenvalue weighted by atomic mass is 32.2. The lowest BCUT2D eigenvalue weighted by Gasteiger charge is -2.15. The molecule has 1 N–H and O–H groups in total. The minimum absolute atomic E-state index is 0.336. The minimum Gasteiger partial charge on any atom is -0.488 e. The van der Waals surface area contributed by atoms with Crippen LogP contribution in [0.4, 0.5) is 0 Å². The summed E-state index contributed by atoms with van der Waals surface area (Å²) in [6, 6.07) is 9.08. The Morgan fingerprint density at radius 1 is 1.38 bits per heavy atom. The topological polar surface area (TPSA) is 21.3 Å². The molecule has 1 aromatic rings. The Kier molecular flexibility index (Phi) is 3.06. The van der Waals surface area contributed by atoms with Crippen molar-refractivity contribution in [3.05, 3.63) is 29.8 Å². The van der Waals surface area contributed by atoms with Crippen LogP contribution in [0.15, 0.2) is 24.3 Å². The SMILES string of the molecule is c1ccc2c(c1)CC(CNC1CCSC1)O2. The standard InChI is InChI=1S/C13H17NOS/c1-2-4-13-10(3-1)7-12(15-13)8-14-11-5-6-16-9-11/h1-4,11-12,14H,5-9H2. The maximum atomic E-state index is 5.90. The summed E-state index contributed by atoms with van der Waals surface area (Å²) < 4.78 is 5.90. The maximum Gasteiger partial charge on any atom is 0.123 e. The van der Waals surface area contributed by atoms with Crippen molar-refractivity contribution in [1.29, 1.82) is 0 Å². The van der Waals surface area contributed by atoms with Crippen LogP contribution in [0.25, 0.3) is 0 Å². The first-order valence-corrected chi connectivity index (χ1v) is 7.13. The number of nitrogens with one attached hydrogen (secondary N) is 1. The summed E-state index contributed by atoms with van der Waals surface area (Å²) in [5.74, 6) is 3.65. The van der Waals surface area contributed by atoms with Gasteiger partial charge >= 0.3 is 0 Å². The number of thioether (sulfide) groups is 1. The van der Waals surface area contributed by atoms with E-state index in [9.17, 15) is 0 Å². The third-order valence-corrected chi connectivity index (χ3v) is 4.44. The number of hydrogen-bond acceptors (Lipinski definition) is 3. The van der Waals surface area contributed by atoms with Crippen LogP contribution in [0.5, 0.6) is 5.75 Å². The van der Waals surface area contributed by atoms with E-state index >= 15 is 0 Å². The summed E-state index contributed by atoms with van der Waals surface area (Å²) >= 11 is 2.05. The molecule has 2 aliphatic rings. The third kappa shape index (κ3) is 2.20. The normalized spacial score (nSPS) is 27.8. The highest BCUT2D eigenvalue weighted by Crippen LogP contribution is 2.28. The second-order valence-corrected chi connectivity index (χ2v) is 5.67. The Hall–Kier alpha value is -0.670. The third-order valence-electron chi connectivity index (χ3n) is 3.28. The van der Waals surface area contributed by atoms with Gasteiger partial charge in [0, 0.05) is 24.8 Å². The molecule has 0 amide bonds. The number of para-hydroxylation sites is 1. The molecule has 86 valence electrons. The summed E-state index contributed by atoms with van der Waals surface area (Å²) in [5, 5.41) is 3.61. The monoisotopic (exact) mass is 235 g/mol. The zero-order valence-electron chi connectivity index (χ0n) is 9.32. The zero-order valence-corrected chi connectivity index (χ0v) is 10.1.